The summed E-state index contributed by atoms with van der Waals surface area (Å²) in [6.07, 6.45) is 19.0. The molecule has 5 atom stereocenters. The molecule has 3 rings (SSSR count). The number of rotatable bonds is 12. The van der Waals surface area contributed by atoms with Crippen LogP contribution >= 0.6 is 0 Å². The zero-order valence-electron chi connectivity index (χ0n) is 25.2. The van der Waals surface area contributed by atoms with Crippen molar-refractivity contribution in [2.75, 3.05) is 13.2 Å². The molecule has 40 heavy (non-hydrogen) atoms. The van der Waals surface area contributed by atoms with E-state index in [1.54, 1.807) is 0 Å². The molecule has 0 aliphatic heterocycles. The van der Waals surface area contributed by atoms with Gasteiger partial charge in [-0.15, -0.1) is 0 Å². The molecule has 0 aromatic heterocycles. The number of carbonyl (C=O) groups is 1. The van der Waals surface area contributed by atoms with Crippen molar-refractivity contribution in [2.24, 2.45) is 23.2 Å². The zero-order valence-corrected chi connectivity index (χ0v) is 25.2. The monoisotopic (exact) mass is 554 g/mol. The molecule has 0 aromatic carbocycles. The Kier molecular flexibility index (Phi) is 12.2. The fourth-order valence-electron chi connectivity index (χ4n) is 8.04. The van der Waals surface area contributed by atoms with Gasteiger partial charge in [0.25, 0.3) is 0 Å². The minimum absolute atomic E-state index is 0.0332. The Balaban J connectivity index is 1.95. The highest BCUT2D eigenvalue weighted by Gasteiger charge is 2.64. The molecule has 0 amide bonds. The summed E-state index contributed by atoms with van der Waals surface area (Å²) in [5, 5.41) is 44.2. The minimum Gasteiger partial charge on any atom is -0.396 e. The summed E-state index contributed by atoms with van der Waals surface area (Å²) >= 11 is 0. The van der Waals surface area contributed by atoms with Gasteiger partial charge in [0.2, 0.25) is 0 Å². The third-order valence-corrected chi connectivity index (χ3v) is 10.2. The van der Waals surface area contributed by atoms with Crippen LogP contribution in [-0.4, -0.2) is 51.6 Å². The lowest BCUT2D eigenvalue weighted by Crippen LogP contribution is -2.59. The van der Waals surface area contributed by atoms with Crippen molar-refractivity contribution in [3.63, 3.8) is 0 Å². The van der Waals surface area contributed by atoms with Gasteiger partial charge < -0.3 is 20.4 Å². The van der Waals surface area contributed by atoms with Crippen LogP contribution in [0, 0.1) is 23.2 Å². The molecule has 5 nitrogen and oxygen atoms in total. The van der Waals surface area contributed by atoms with Crippen LogP contribution in [0.2, 0.25) is 0 Å². The summed E-state index contributed by atoms with van der Waals surface area (Å²) < 4.78 is 0. The van der Waals surface area contributed by atoms with Gasteiger partial charge in [0, 0.05) is 17.9 Å². The number of aliphatic hydroxyl groups excluding tert-OH is 3. The molecule has 3 saturated carbocycles. The van der Waals surface area contributed by atoms with Gasteiger partial charge in [0.05, 0.1) is 18.3 Å². The number of aliphatic hydroxyl groups is 4. The highest BCUT2D eigenvalue weighted by molar-refractivity contribution is 5.76. The molecule has 0 saturated heterocycles. The summed E-state index contributed by atoms with van der Waals surface area (Å²) in [7, 11) is 0. The molecule has 224 valence electrons. The average Bonchev–Trinajstić information content (AvgIpc) is 3.27. The lowest BCUT2D eigenvalue weighted by molar-refractivity contribution is -0.168. The molecule has 3 fully saturated rings. The molecule has 4 N–H and O–H groups in total. The summed E-state index contributed by atoms with van der Waals surface area (Å²) in [4.78, 5) is 12.6. The van der Waals surface area contributed by atoms with E-state index in [1.807, 2.05) is 25.2 Å². The van der Waals surface area contributed by atoms with Crippen LogP contribution in [-0.2, 0) is 4.79 Å². The zero-order chi connectivity index (χ0) is 29.3. The molecule has 3 aliphatic rings. The minimum atomic E-state index is -1.12. The van der Waals surface area contributed by atoms with Crippen molar-refractivity contribution in [3.8, 4) is 0 Å². The maximum absolute atomic E-state index is 12.6. The topological polar surface area (TPSA) is 98.0 Å². The maximum atomic E-state index is 12.6. The summed E-state index contributed by atoms with van der Waals surface area (Å²) in [5.74, 6) is -0.226. The number of hydrogen-bond acceptors (Lipinski definition) is 5. The molecule has 0 bridgehead atoms. The van der Waals surface area contributed by atoms with Crippen molar-refractivity contribution >= 4 is 6.29 Å². The van der Waals surface area contributed by atoms with Crippen molar-refractivity contribution < 1.29 is 25.2 Å². The molecule has 0 heterocycles. The van der Waals surface area contributed by atoms with E-state index in [-0.39, 0.29) is 31.0 Å². The van der Waals surface area contributed by atoms with Crippen LogP contribution in [0.15, 0.2) is 58.7 Å². The fourth-order valence-corrected chi connectivity index (χ4v) is 8.04. The predicted molar refractivity (Wildman–Crippen MR) is 163 cm³/mol. The number of allylic oxidation sites excluding steroid dienone is 8. The normalized spacial score (nSPS) is 33.0. The lowest BCUT2D eigenvalue weighted by Gasteiger charge is -2.56. The Labute approximate surface area is 242 Å². The Bertz CT molecular complexity index is 989. The summed E-state index contributed by atoms with van der Waals surface area (Å²) in [5.41, 5.74) is 3.08. The van der Waals surface area contributed by atoms with Crippen LogP contribution in [0.25, 0.3) is 0 Å². The van der Waals surface area contributed by atoms with Gasteiger partial charge in [-0.1, -0.05) is 66.9 Å². The first kappa shape index (κ1) is 32.7. The van der Waals surface area contributed by atoms with E-state index in [2.05, 4.69) is 26.5 Å². The standard InChI is InChI=1S/C35H54O5/c1-25(2)11-8-12-26(3)13-9-16-28(23-37)29-19-21-35(33(29)39)32(17-10-22-36)30(18-20-34(35,4)40)31(24-38)27-14-6-5-7-15-27/h9,11,13,16,24,27,29,32-33,36-37,39-40H,3,5-8,10,12,14-15,17-23H2,1-2,4H3. The van der Waals surface area contributed by atoms with E-state index in [1.165, 1.54) is 12.0 Å². The van der Waals surface area contributed by atoms with Crippen molar-refractivity contribution in [3.05, 3.63) is 58.7 Å². The third kappa shape index (κ3) is 7.15. The van der Waals surface area contributed by atoms with Crippen molar-refractivity contribution in [1.29, 1.82) is 0 Å². The number of carbonyl (C=O) groups excluding carboxylic acids is 1. The second-order valence-corrected chi connectivity index (χ2v) is 13.0. The molecule has 1 spiro atoms. The van der Waals surface area contributed by atoms with Gasteiger partial charge in [-0.25, -0.2) is 0 Å². The van der Waals surface area contributed by atoms with Crippen LogP contribution in [0.1, 0.15) is 104 Å². The Morgan fingerprint density at radius 3 is 2.45 bits per heavy atom. The quantitative estimate of drug-likeness (QED) is 0.0952. The first-order valence-electron chi connectivity index (χ1n) is 15.6. The highest BCUT2D eigenvalue weighted by atomic mass is 16.3. The Morgan fingerprint density at radius 2 is 1.82 bits per heavy atom. The van der Waals surface area contributed by atoms with Crippen LogP contribution in [0.3, 0.4) is 0 Å². The Hall–Kier alpha value is -1.79. The molecular formula is C35H54O5. The second kappa shape index (κ2) is 14.9. The van der Waals surface area contributed by atoms with Gasteiger partial charge in [0.15, 0.2) is 0 Å². The van der Waals surface area contributed by atoms with Crippen LogP contribution in [0.5, 0.6) is 0 Å². The van der Waals surface area contributed by atoms with E-state index in [0.717, 1.165) is 67.1 Å². The van der Waals surface area contributed by atoms with Gasteiger partial charge in [-0.2, -0.15) is 0 Å². The first-order valence-corrected chi connectivity index (χ1v) is 15.6. The van der Waals surface area contributed by atoms with Gasteiger partial charge in [0.1, 0.15) is 6.29 Å². The van der Waals surface area contributed by atoms with Gasteiger partial charge in [-0.3, -0.25) is 4.79 Å². The number of aldehydes is 1. The fraction of sp³-hybridized carbons (Fsp3) is 0.686. The molecule has 0 aromatic rings. The van der Waals surface area contributed by atoms with E-state index < -0.39 is 17.1 Å². The smallest absolute Gasteiger partial charge is 0.146 e. The second-order valence-electron chi connectivity index (χ2n) is 13.0. The van der Waals surface area contributed by atoms with E-state index in [0.29, 0.717) is 38.5 Å². The lowest BCUT2D eigenvalue weighted by atomic mass is 9.52. The van der Waals surface area contributed by atoms with Crippen LogP contribution in [0.4, 0.5) is 0 Å². The molecular weight excluding hydrogens is 500 g/mol. The maximum Gasteiger partial charge on any atom is 0.146 e. The van der Waals surface area contributed by atoms with Gasteiger partial charge >= 0.3 is 0 Å². The summed E-state index contributed by atoms with van der Waals surface area (Å²) in [6, 6.07) is 0. The van der Waals surface area contributed by atoms with Crippen LogP contribution < -0.4 is 0 Å². The highest BCUT2D eigenvalue weighted by Crippen LogP contribution is 2.63. The van der Waals surface area contributed by atoms with E-state index in [4.69, 9.17) is 0 Å². The van der Waals surface area contributed by atoms with E-state index in [9.17, 15) is 25.2 Å². The first-order chi connectivity index (χ1) is 19.1. The SMILES string of the molecule is C=C(C=CC=C(CO)C1CCC2(C(CCCO)C(=C(C=O)C3CCCCC3)CCC2(C)O)C1O)CCC=C(C)C. The average molecular weight is 555 g/mol. The molecule has 5 heteroatoms. The largest absolute Gasteiger partial charge is 0.396 e. The van der Waals surface area contributed by atoms with Gasteiger partial charge in [-0.05, 0) is 108 Å². The predicted octanol–water partition coefficient (Wildman–Crippen LogP) is 6.53. The molecule has 3 aliphatic carbocycles. The van der Waals surface area contributed by atoms with E-state index >= 15 is 0 Å². The molecule has 0 radical (unpaired) electrons. The van der Waals surface area contributed by atoms with Crippen molar-refractivity contribution in [1.82, 2.24) is 0 Å². The Morgan fingerprint density at radius 1 is 1.10 bits per heavy atom. The summed E-state index contributed by atoms with van der Waals surface area (Å²) in [6.45, 7) is 10.0. The molecule has 5 unspecified atom stereocenters. The van der Waals surface area contributed by atoms with Crippen molar-refractivity contribution in [2.45, 2.75) is 116 Å². The third-order valence-electron chi connectivity index (χ3n) is 10.2. The number of hydrogen-bond donors (Lipinski definition) is 4.